The molecule has 0 spiro atoms. The first kappa shape index (κ1) is 16.6. The molecule has 1 aliphatic rings. The smallest absolute Gasteiger partial charge is 0.327 e. The first-order valence-corrected chi connectivity index (χ1v) is 7.32. The van der Waals surface area contributed by atoms with Crippen molar-refractivity contribution >= 4 is 29.7 Å². The number of carbonyl (C=O) groups is 3. The number of hydrogen-bond acceptors (Lipinski definition) is 5. The maximum Gasteiger partial charge on any atom is 0.327 e. The first-order valence-electron chi connectivity index (χ1n) is 6.17. The van der Waals surface area contributed by atoms with Crippen LogP contribution in [0.15, 0.2) is 0 Å². The molecule has 0 aromatic heterocycles. The highest BCUT2D eigenvalue weighted by atomic mass is 32.2. The van der Waals surface area contributed by atoms with E-state index >= 15 is 0 Å². The van der Waals surface area contributed by atoms with Crippen LogP contribution in [0.25, 0.3) is 0 Å². The van der Waals surface area contributed by atoms with Gasteiger partial charge in [-0.2, -0.15) is 0 Å². The van der Waals surface area contributed by atoms with E-state index in [-0.39, 0.29) is 18.9 Å². The van der Waals surface area contributed by atoms with E-state index in [9.17, 15) is 14.4 Å². The number of nitrogens with zero attached hydrogens (tertiary/aromatic N) is 1. The van der Waals surface area contributed by atoms with E-state index in [1.807, 2.05) is 0 Å². The molecule has 1 saturated heterocycles. The molecule has 0 aromatic rings. The van der Waals surface area contributed by atoms with Gasteiger partial charge in [0.15, 0.2) is 0 Å². The molecule has 1 unspecified atom stereocenters. The Balaban J connectivity index is 2.23. The predicted octanol–water partition coefficient (Wildman–Crippen LogP) is -0.692. The number of aliphatic carboxylic acids is 1. The zero-order valence-corrected chi connectivity index (χ0v) is 12.1. The van der Waals surface area contributed by atoms with Crippen molar-refractivity contribution in [1.82, 2.24) is 15.5 Å². The summed E-state index contributed by atoms with van der Waals surface area (Å²) in [5.41, 5.74) is 0. The minimum atomic E-state index is -1.01. The Labute approximate surface area is 121 Å². The van der Waals surface area contributed by atoms with Gasteiger partial charge in [0.1, 0.15) is 6.04 Å². The minimum Gasteiger partial charge on any atom is -0.480 e. The van der Waals surface area contributed by atoms with Gasteiger partial charge >= 0.3 is 12.0 Å². The zero-order chi connectivity index (χ0) is 15.0. The molecule has 0 bridgehead atoms. The number of nitrogens with one attached hydrogen (secondary N) is 2. The standard InChI is InChI=1S/C11H19N3O5S/c1-19-5-4-12-9(15)2-3-13-11(18)14-7-20-6-8(14)10(16)17/h8H,2-7H2,1H3,(H,12,15)(H,13,18)(H,16,17). The van der Waals surface area contributed by atoms with E-state index in [0.29, 0.717) is 24.8 Å². The average molecular weight is 305 g/mol. The van der Waals surface area contributed by atoms with Crippen molar-refractivity contribution in [2.24, 2.45) is 0 Å². The van der Waals surface area contributed by atoms with Gasteiger partial charge in [-0.1, -0.05) is 0 Å². The maximum absolute atomic E-state index is 11.8. The molecule has 9 heteroatoms. The van der Waals surface area contributed by atoms with Crippen LogP contribution in [-0.4, -0.2) is 72.4 Å². The van der Waals surface area contributed by atoms with Gasteiger partial charge in [-0.3, -0.25) is 4.79 Å². The fourth-order valence-electron chi connectivity index (χ4n) is 1.61. The highest BCUT2D eigenvalue weighted by Gasteiger charge is 2.34. The topological polar surface area (TPSA) is 108 Å². The van der Waals surface area contributed by atoms with E-state index in [2.05, 4.69) is 10.6 Å². The lowest BCUT2D eigenvalue weighted by atomic mass is 10.3. The molecule has 0 radical (unpaired) electrons. The molecule has 114 valence electrons. The second-order valence-corrected chi connectivity index (χ2v) is 5.15. The number of carbonyl (C=O) groups excluding carboxylic acids is 2. The number of rotatable bonds is 7. The molecule has 0 saturated carbocycles. The molecule has 0 aliphatic carbocycles. The molecule has 1 heterocycles. The second kappa shape index (κ2) is 8.64. The van der Waals surface area contributed by atoms with Gasteiger partial charge in [0, 0.05) is 32.4 Å². The third-order valence-corrected chi connectivity index (χ3v) is 3.70. The predicted molar refractivity (Wildman–Crippen MR) is 73.5 cm³/mol. The molecule has 3 amide bonds. The summed E-state index contributed by atoms with van der Waals surface area (Å²) < 4.78 is 4.79. The lowest BCUT2D eigenvalue weighted by Crippen LogP contribution is -2.47. The number of thioether (sulfide) groups is 1. The summed E-state index contributed by atoms with van der Waals surface area (Å²) in [6.07, 6.45) is 0.147. The Bertz CT molecular complexity index is 366. The first-order chi connectivity index (χ1) is 9.56. The van der Waals surface area contributed by atoms with Gasteiger partial charge in [-0.15, -0.1) is 11.8 Å². The second-order valence-electron chi connectivity index (χ2n) is 4.15. The Kier molecular flexibility index (Phi) is 7.16. The van der Waals surface area contributed by atoms with Crippen molar-refractivity contribution in [2.75, 3.05) is 38.4 Å². The number of methoxy groups -OCH3 is 1. The Hall–Kier alpha value is -1.48. The fraction of sp³-hybridized carbons (Fsp3) is 0.727. The number of carboxylic acid groups (broad SMARTS) is 1. The maximum atomic E-state index is 11.8. The Morgan fingerprint density at radius 2 is 2.10 bits per heavy atom. The molecule has 1 fully saturated rings. The van der Waals surface area contributed by atoms with Crippen LogP contribution in [0, 0.1) is 0 Å². The summed E-state index contributed by atoms with van der Waals surface area (Å²) in [5, 5.41) is 14.1. The van der Waals surface area contributed by atoms with Crippen LogP contribution in [0.5, 0.6) is 0 Å². The van der Waals surface area contributed by atoms with Gasteiger partial charge in [-0.25, -0.2) is 9.59 Å². The number of carboxylic acids is 1. The lowest BCUT2D eigenvalue weighted by Gasteiger charge is -2.20. The van der Waals surface area contributed by atoms with Crippen molar-refractivity contribution in [3.05, 3.63) is 0 Å². The van der Waals surface area contributed by atoms with Crippen LogP contribution in [0.3, 0.4) is 0 Å². The number of hydrogen-bond donors (Lipinski definition) is 3. The Morgan fingerprint density at radius 3 is 2.75 bits per heavy atom. The van der Waals surface area contributed by atoms with E-state index in [0.717, 1.165) is 0 Å². The van der Waals surface area contributed by atoms with Crippen molar-refractivity contribution in [1.29, 1.82) is 0 Å². The Morgan fingerprint density at radius 1 is 1.35 bits per heavy atom. The molecular formula is C11H19N3O5S. The molecule has 1 rings (SSSR count). The highest BCUT2D eigenvalue weighted by Crippen LogP contribution is 2.20. The van der Waals surface area contributed by atoms with Gasteiger partial charge in [0.05, 0.1) is 12.5 Å². The monoisotopic (exact) mass is 305 g/mol. The van der Waals surface area contributed by atoms with Crippen LogP contribution in [0.4, 0.5) is 4.79 Å². The quantitative estimate of drug-likeness (QED) is 0.537. The van der Waals surface area contributed by atoms with Crippen molar-refractivity contribution in [3.8, 4) is 0 Å². The van der Waals surface area contributed by atoms with Crippen LogP contribution in [-0.2, 0) is 14.3 Å². The van der Waals surface area contributed by atoms with E-state index < -0.39 is 18.0 Å². The molecule has 1 atom stereocenters. The summed E-state index contributed by atoms with van der Waals surface area (Å²) in [5.74, 6) is -0.460. The molecule has 8 nitrogen and oxygen atoms in total. The van der Waals surface area contributed by atoms with Crippen molar-refractivity contribution in [3.63, 3.8) is 0 Å². The normalized spacial score (nSPS) is 17.9. The van der Waals surface area contributed by atoms with E-state index in [1.54, 1.807) is 7.11 Å². The number of ether oxygens (including phenoxy) is 1. The molecule has 3 N–H and O–H groups in total. The summed E-state index contributed by atoms with van der Waals surface area (Å²) >= 11 is 1.39. The van der Waals surface area contributed by atoms with Crippen molar-refractivity contribution in [2.45, 2.75) is 12.5 Å². The number of urea groups is 1. The average Bonchev–Trinajstić information content (AvgIpc) is 2.88. The van der Waals surface area contributed by atoms with Crippen LogP contribution < -0.4 is 10.6 Å². The number of amides is 3. The SMILES string of the molecule is COCCNC(=O)CCNC(=O)N1CSCC1C(=O)O. The summed E-state index contributed by atoms with van der Waals surface area (Å²) in [4.78, 5) is 35.3. The third-order valence-electron chi connectivity index (χ3n) is 2.68. The molecule has 1 aliphatic heterocycles. The van der Waals surface area contributed by atoms with Crippen LogP contribution in [0.1, 0.15) is 6.42 Å². The zero-order valence-electron chi connectivity index (χ0n) is 11.3. The molecular weight excluding hydrogens is 286 g/mol. The van der Waals surface area contributed by atoms with E-state index in [4.69, 9.17) is 9.84 Å². The molecule has 0 aromatic carbocycles. The van der Waals surface area contributed by atoms with Crippen LogP contribution in [0.2, 0.25) is 0 Å². The highest BCUT2D eigenvalue weighted by molar-refractivity contribution is 7.99. The van der Waals surface area contributed by atoms with E-state index in [1.165, 1.54) is 16.7 Å². The molecule has 20 heavy (non-hydrogen) atoms. The largest absolute Gasteiger partial charge is 0.480 e. The van der Waals surface area contributed by atoms with Gasteiger partial charge in [0.25, 0.3) is 0 Å². The van der Waals surface area contributed by atoms with Gasteiger partial charge < -0.3 is 25.4 Å². The minimum absolute atomic E-state index is 0.147. The lowest BCUT2D eigenvalue weighted by molar-refractivity contribution is -0.140. The van der Waals surface area contributed by atoms with Gasteiger partial charge in [0.2, 0.25) is 5.91 Å². The van der Waals surface area contributed by atoms with Gasteiger partial charge in [-0.05, 0) is 0 Å². The summed E-state index contributed by atoms with van der Waals surface area (Å²) in [6.45, 7) is 1.03. The third kappa shape index (κ3) is 5.25. The fourth-order valence-corrected chi connectivity index (χ4v) is 2.76. The van der Waals surface area contributed by atoms with Crippen LogP contribution >= 0.6 is 11.8 Å². The summed E-state index contributed by atoms with van der Waals surface area (Å²) in [6, 6.07) is -1.25. The van der Waals surface area contributed by atoms with Crippen molar-refractivity contribution < 1.29 is 24.2 Å². The summed E-state index contributed by atoms with van der Waals surface area (Å²) in [7, 11) is 1.54.